The van der Waals surface area contributed by atoms with E-state index in [0.29, 0.717) is 5.75 Å². The Morgan fingerprint density at radius 2 is 2.00 bits per heavy atom. The molecule has 110 valence electrons. The molecule has 0 aliphatic rings. The van der Waals surface area contributed by atoms with Crippen LogP contribution in [0, 0.1) is 0 Å². The zero-order valence-corrected chi connectivity index (χ0v) is 12.8. The predicted octanol–water partition coefficient (Wildman–Crippen LogP) is 3.02. The smallest absolute Gasteiger partial charge is 0.244 e. The number of hydrogen-bond acceptors (Lipinski definition) is 3. The number of rotatable bonds is 6. The van der Waals surface area contributed by atoms with Crippen LogP contribution in [0.2, 0.25) is 0 Å². The normalized spacial score (nSPS) is 11.4. The fourth-order valence-corrected chi connectivity index (χ4v) is 1.59. The van der Waals surface area contributed by atoms with Crippen molar-refractivity contribution >= 4 is 12.0 Å². The molecule has 4 heteroatoms. The minimum atomic E-state index is -0.203. The molecule has 0 fully saturated rings. The lowest BCUT2D eigenvalue weighted by Crippen LogP contribution is -2.41. The zero-order chi connectivity index (χ0) is 15.2. The molecular formula is C16H23NO3. The van der Waals surface area contributed by atoms with Crippen LogP contribution in [0.1, 0.15) is 32.8 Å². The van der Waals surface area contributed by atoms with Crippen molar-refractivity contribution in [3.63, 3.8) is 0 Å². The number of ether oxygens (including phenoxy) is 2. The van der Waals surface area contributed by atoms with Crippen LogP contribution in [0.3, 0.4) is 0 Å². The Balaban J connectivity index is 2.82. The van der Waals surface area contributed by atoms with Gasteiger partial charge in [-0.3, -0.25) is 4.79 Å². The third-order valence-corrected chi connectivity index (χ3v) is 3.20. The standard InChI is InChI=1S/C16H23NO3/c1-6-16(2,3)17-15(18)10-8-12-7-9-13(19-4)11-14(12)20-5/h7-11H,6H2,1-5H3,(H,17,18)/b10-8+. The first-order chi connectivity index (χ1) is 9.41. The third kappa shape index (κ3) is 4.61. The number of carbonyl (C=O) groups is 1. The van der Waals surface area contributed by atoms with E-state index in [9.17, 15) is 4.79 Å². The highest BCUT2D eigenvalue weighted by atomic mass is 16.5. The molecule has 0 spiro atoms. The molecule has 1 N–H and O–H groups in total. The second-order valence-electron chi connectivity index (χ2n) is 5.17. The molecule has 20 heavy (non-hydrogen) atoms. The lowest BCUT2D eigenvalue weighted by atomic mass is 10.0. The monoisotopic (exact) mass is 277 g/mol. The fourth-order valence-electron chi connectivity index (χ4n) is 1.59. The van der Waals surface area contributed by atoms with Crippen LogP contribution in [-0.4, -0.2) is 25.7 Å². The molecule has 1 aromatic carbocycles. The topological polar surface area (TPSA) is 47.6 Å². The largest absolute Gasteiger partial charge is 0.497 e. The number of carbonyl (C=O) groups excluding carboxylic acids is 1. The maximum Gasteiger partial charge on any atom is 0.244 e. The van der Waals surface area contributed by atoms with E-state index in [1.165, 1.54) is 6.08 Å². The van der Waals surface area contributed by atoms with Gasteiger partial charge in [-0.1, -0.05) is 6.92 Å². The van der Waals surface area contributed by atoms with Crippen LogP contribution in [0.4, 0.5) is 0 Å². The second-order valence-corrected chi connectivity index (χ2v) is 5.17. The molecule has 0 heterocycles. The summed E-state index contributed by atoms with van der Waals surface area (Å²) in [5, 5.41) is 2.94. The summed E-state index contributed by atoms with van der Waals surface area (Å²) in [6.07, 6.45) is 4.12. The van der Waals surface area contributed by atoms with Crippen molar-refractivity contribution in [2.45, 2.75) is 32.7 Å². The van der Waals surface area contributed by atoms with Crippen molar-refractivity contribution in [1.82, 2.24) is 5.32 Å². The van der Waals surface area contributed by atoms with Gasteiger partial charge in [0.15, 0.2) is 0 Å². The van der Waals surface area contributed by atoms with E-state index in [4.69, 9.17) is 9.47 Å². The summed E-state index contributed by atoms with van der Waals surface area (Å²) in [4.78, 5) is 11.9. The van der Waals surface area contributed by atoms with E-state index in [-0.39, 0.29) is 11.4 Å². The summed E-state index contributed by atoms with van der Waals surface area (Å²) >= 11 is 0. The molecule has 1 amide bonds. The van der Waals surface area contributed by atoms with Crippen molar-refractivity contribution in [2.24, 2.45) is 0 Å². The molecule has 0 saturated heterocycles. The van der Waals surface area contributed by atoms with Crippen molar-refractivity contribution in [3.05, 3.63) is 29.8 Å². The minimum absolute atomic E-state index is 0.116. The Bertz CT molecular complexity index is 492. The van der Waals surface area contributed by atoms with E-state index in [1.807, 2.05) is 32.9 Å². The molecule has 0 unspecified atom stereocenters. The molecule has 1 rings (SSSR count). The summed E-state index contributed by atoms with van der Waals surface area (Å²) < 4.78 is 10.4. The van der Waals surface area contributed by atoms with Crippen LogP contribution in [0.25, 0.3) is 6.08 Å². The molecule has 0 aromatic heterocycles. The first-order valence-electron chi connectivity index (χ1n) is 6.64. The number of amides is 1. The Labute approximate surface area is 120 Å². The van der Waals surface area contributed by atoms with E-state index in [2.05, 4.69) is 5.32 Å². The number of methoxy groups -OCH3 is 2. The molecule has 0 atom stereocenters. The first-order valence-corrected chi connectivity index (χ1v) is 6.64. The number of nitrogens with one attached hydrogen (secondary N) is 1. The molecule has 4 nitrogen and oxygen atoms in total. The van der Waals surface area contributed by atoms with Crippen molar-refractivity contribution in [2.75, 3.05) is 14.2 Å². The van der Waals surface area contributed by atoms with Gasteiger partial charge < -0.3 is 14.8 Å². The highest BCUT2D eigenvalue weighted by molar-refractivity contribution is 5.92. The van der Waals surface area contributed by atoms with Gasteiger partial charge in [0.05, 0.1) is 14.2 Å². The van der Waals surface area contributed by atoms with E-state index in [1.54, 1.807) is 26.4 Å². The van der Waals surface area contributed by atoms with Gasteiger partial charge in [-0.15, -0.1) is 0 Å². The lowest BCUT2D eigenvalue weighted by Gasteiger charge is -2.23. The summed E-state index contributed by atoms with van der Waals surface area (Å²) in [5.74, 6) is 1.27. The van der Waals surface area contributed by atoms with Gasteiger partial charge >= 0.3 is 0 Å². The van der Waals surface area contributed by atoms with Crippen LogP contribution >= 0.6 is 0 Å². The van der Waals surface area contributed by atoms with Gasteiger partial charge in [0, 0.05) is 23.2 Å². The first kappa shape index (κ1) is 16.1. The van der Waals surface area contributed by atoms with Crippen molar-refractivity contribution < 1.29 is 14.3 Å². The average Bonchev–Trinajstić information content (AvgIpc) is 2.44. The zero-order valence-electron chi connectivity index (χ0n) is 12.8. The van der Waals surface area contributed by atoms with E-state index in [0.717, 1.165) is 17.7 Å². The van der Waals surface area contributed by atoms with Crippen molar-refractivity contribution in [1.29, 1.82) is 0 Å². The van der Waals surface area contributed by atoms with Crippen molar-refractivity contribution in [3.8, 4) is 11.5 Å². The Kier molecular flexibility index (Phi) is 5.62. The van der Waals surface area contributed by atoms with Gasteiger partial charge in [-0.2, -0.15) is 0 Å². The molecule has 0 saturated carbocycles. The fraction of sp³-hybridized carbons (Fsp3) is 0.438. The molecule has 0 aliphatic carbocycles. The summed E-state index contributed by atoms with van der Waals surface area (Å²) in [5.41, 5.74) is 0.628. The Hall–Kier alpha value is -1.97. The SMILES string of the molecule is CCC(C)(C)NC(=O)/C=C/c1ccc(OC)cc1OC. The lowest BCUT2D eigenvalue weighted by molar-refractivity contribution is -0.117. The maximum absolute atomic E-state index is 11.9. The minimum Gasteiger partial charge on any atom is -0.497 e. The average molecular weight is 277 g/mol. The van der Waals surface area contributed by atoms with Gasteiger partial charge in [-0.05, 0) is 38.5 Å². The van der Waals surface area contributed by atoms with Gasteiger partial charge in [0.25, 0.3) is 0 Å². The molecule has 0 radical (unpaired) electrons. The summed E-state index contributed by atoms with van der Waals surface area (Å²) in [6, 6.07) is 5.47. The summed E-state index contributed by atoms with van der Waals surface area (Å²) in [7, 11) is 3.19. The van der Waals surface area contributed by atoms with Crippen LogP contribution < -0.4 is 14.8 Å². The van der Waals surface area contributed by atoms with Crippen LogP contribution in [0.15, 0.2) is 24.3 Å². The van der Waals surface area contributed by atoms with Crippen LogP contribution in [0.5, 0.6) is 11.5 Å². The highest BCUT2D eigenvalue weighted by Gasteiger charge is 2.16. The Morgan fingerprint density at radius 3 is 2.55 bits per heavy atom. The quantitative estimate of drug-likeness (QED) is 0.813. The molecule has 0 aliphatic heterocycles. The molecular weight excluding hydrogens is 254 g/mol. The Morgan fingerprint density at radius 1 is 1.30 bits per heavy atom. The van der Waals surface area contributed by atoms with Gasteiger partial charge in [0.2, 0.25) is 5.91 Å². The van der Waals surface area contributed by atoms with Gasteiger partial charge in [-0.25, -0.2) is 0 Å². The summed E-state index contributed by atoms with van der Waals surface area (Å²) in [6.45, 7) is 6.02. The molecule has 0 bridgehead atoms. The van der Waals surface area contributed by atoms with Gasteiger partial charge in [0.1, 0.15) is 11.5 Å². The molecule has 1 aromatic rings. The number of hydrogen-bond donors (Lipinski definition) is 1. The van der Waals surface area contributed by atoms with Crippen LogP contribution in [-0.2, 0) is 4.79 Å². The second kappa shape index (κ2) is 6.98. The van der Waals surface area contributed by atoms with E-state index >= 15 is 0 Å². The third-order valence-electron chi connectivity index (χ3n) is 3.20. The highest BCUT2D eigenvalue weighted by Crippen LogP contribution is 2.25. The van der Waals surface area contributed by atoms with E-state index < -0.39 is 0 Å². The number of benzene rings is 1. The maximum atomic E-state index is 11.9. The predicted molar refractivity (Wildman–Crippen MR) is 81.1 cm³/mol.